The summed E-state index contributed by atoms with van der Waals surface area (Å²) in [6.45, 7) is 4.34. The van der Waals surface area contributed by atoms with Gasteiger partial charge in [-0.1, -0.05) is 36.9 Å². The molecule has 1 aromatic carbocycles. The van der Waals surface area contributed by atoms with Gasteiger partial charge in [0.2, 0.25) is 0 Å². The first-order chi connectivity index (χ1) is 11.3. The number of hydrogen-bond donors (Lipinski definition) is 0. The summed E-state index contributed by atoms with van der Waals surface area (Å²) in [6, 6.07) is 8.12. The van der Waals surface area contributed by atoms with Gasteiger partial charge in [0.15, 0.2) is 0 Å². The largest absolute Gasteiger partial charge is 0.308 e. The Hall–Kier alpha value is -2.62. The van der Waals surface area contributed by atoms with Crippen LogP contribution >= 0.6 is 0 Å². The Balaban J connectivity index is 1.76. The van der Waals surface area contributed by atoms with Crippen LogP contribution in [0.4, 0.5) is 0 Å². The van der Waals surface area contributed by atoms with Crippen LogP contribution in [0.1, 0.15) is 35.2 Å². The maximum absolute atomic E-state index is 12.9. The van der Waals surface area contributed by atoms with Gasteiger partial charge >= 0.3 is 0 Å². The Morgan fingerprint density at radius 1 is 1.13 bits per heavy atom. The molecule has 0 radical (unpaired) electrons. The lowest BCUT2D eigenvalue weighted by Gasteiger charge is -2.09. The number of benzene rings is 1. The van der Waals surface area contributed by atoms with Crippen LogP contribution in [0.3, 0.4) is 0 Å². The molecule has 0 saturated carbocycles. The molecular weight excluding hydrogens is 286 g/mol. The Morgan fingerprint density at radius 2 is 1.91 bits per heavy atom. The van der Waals surface area contributed by atoms with Crippen molar-refractivity contribution in [3.8, 4) is 0 Å². The van der Waals surface area contributed by atoms with Gasteiger partial charge in [-0.15, -0.1) is 0 Å². The van der Waals surface area contributed by atoms with Crippen LogP contribution in [0.15, 0.2) is 48.0 Å². The second-order valence-corrected chi connectivity index (χ2v) is 6.10. The molecule has 4 nitrogen and oxygen atoms in total. The fourth-order valence-corrected chi connectivity index (χ4v) is 3.34. The fourth-order valence-electron chi connectivity index (χ4n) is 3.34. The van der Waals surface area contributed by atoms with E-state index in [1.807, 2.05) is 42.7 Å². The summed E-state index contributed by atoms with van der Waals surface area (Å²) < 4.78 is 3.53. The van der Waals surface area contributed by atoms with Crippen molar-refractivity contribution in [3.05, 3.63) is 76.0 Å². The highest BCUT2D eigenvalue weighted by Crippen LogP contribution is 2.22. The molecular formula is C19H19N3O. The lowest BCUT2D eigenvalue weighted by Crippen LogP contribution is -2.22. The summed E-state index contributed by atoms with van der Waals surface area (Å²) in [5, 5.41) is 4.58. The van der Waals surface area contributed by atoms with E-state index in [0.29, 0.717) is 6.54 Å². The lowest BCUT2D eigenvalue weighted by molar-refractivity contribution is 0.673. The van der Waals surface area contributed by atoms with Gasteiger partial charge in [-0.05, 0) is 36.8 Å². The van der Waals surface area contributed by atoms with Crippen LogP contribution in [0.5, 0.6) is 0 Å². The third-order valence-electron chi connectivity index (χ3n) is 4.60. The standard InChI is InChI=1S/C19H19N3O/c1-2-14-7-9-15(10-8-14)13-21-11-12-22-18(19(21)23)16-5-3-4-6-17(16)20-22/h2,7-12H,1,3-6,13H2. The van der Waals surface area contributed by atoms with Crippen molar-refractivity contribution >= 4 is 11.6 Å². The van der Waals surface area contributed by atoms with Crippen molar-refractivity contribution in [2.75, 3.05) is 0 Å². The summed E-state index contributed by atoms with van der Waals surface area (Å²) in [5.41, 5.74) is 5.25. The SMILES string of the molecule is C=Cc1ccc(Cn2ccn3nc4c(c3c2=O)CCCC4)cc1. The topological polar surface area (TPSA) is 39.3 Å². The van der Waals surface area contributed by atoms with Gasteiger partial charge in [0.1, 0.15) is 5.52 Å². The smallest absolute Gasteiger partial charge is 0.277 e. The number of rotatable bonds is 3. The molecule has 0 aliphatic heterocycles. The van der Waals surface area contributed by atoms with E-state index < -0.39 is 0 Å². The molecule has 0 fully saturated rings. The van der Waals surface area contributed by atoms with Gasteiger partial charge in [0.25, 0.3) is 5.56 Å². The molecule has 116 valence electrons. The molecule has 3 aromatic rings. The zero-order chi connectivity index (χ0) is 15.8. The van der Waals surface area contributed by atoms with Crippen molar-refractivity contribution in [2.24, 2.45) is 0 Å². The molecule has 0 atom stereocenters. The van der Waals surface area contributed by atoms with Crippen molar-refractivity contribution in [1.82, 2.24) is 14.2 Å². The summed E-state index contributed by atoms with van der Waals surface area (Å²) in [7, 11) is 0. The Morgan fingerprint density at radius 3 is 2.70 bits per heavy atom. The maximum Gasteiger partial charge on any atom is 0.277 e. The first kappa shape index (κ1) is 14.0. The number of fused-ring (bicyclic) bond motifs is 3. The zero-order valence-corrected chi connectivity index (χ0v) is 13.0. The van der Waals surface area contributed by atoms with Crippen LogP contribution in [0.25, 0.3) is 11.6 Å². The highest BCUT2D eigenvalue weighted by atomic mass is 16.1. The second kappa shape index (κ2) is 5.54. The van der Waals surface area contributed by atoms with Crippen LogP contribution in [0, 0.1) is 0 Å². The van der Waals surface area contributed by atoms with Crippen molar-refractivity contribution < 1.29 is 0 Å². The Bertz CT molecular complexity index is 932. The quantitative estimate of drug-likeness (QED) is 0.746. The van der Waals surface area contributed by atoms with Gasteiger partial charge in [0, 0.05) is 18.0 Å². The molecule has 4 heteroatoms. The number of nitrogens with zero attached hydrogens (tertiary/aromatic N) is 3. The summed E-state index contributed by atoms with van der Waals surface area (Å²) in [4.78, 5) is 12.9. The molecule has 0 amide bonds. The highest BCUT2D eigenvalue weighted by Gasteiger charge is 2.19. The average Bonchev–Trinajstić information content (AvgIpc) is 2.97. The molecule has 1 aliphatic rings. The summed E-state index contributed by atoms with van der Waals surface area (Å²) in [6.07, 6.45) is 9.81. The monoisotopic (exact) mass is 305 g/mol. The van der Waals surface area contributed by atoms with Crippen LogP contribution in [-0.4, -0.2) is 14.2 Å². The normalized spacial score (nSPS) is 13.9. The zero-order valence-electron chi connectivity index (χ0n) is 13.0. The number of aromatic nitrogens is 3. The average molecular weight is 305 g/mol. The van der Waals surface area contributed by atoms with E-state index in [-0.39, 0.29) is 5.56 Å². The Labute approximate surface area is 134 Å². The molecule has 0 N–H and O–H groups in total. The van der Waals surface area contributed by atoms with E-state index in [2.05, 4.69) is 11.7 Å². The van der Waals surface area contributed by atoms with Gasteiger partial charge in [-0.2, -0.15) is 5.10 Å². The van der Waals surface area contributed by atoms with Gasteiger partial charge in [-0.3, -0.25) is 4.79 Å². The maximum atomic E-state index is 12.9. The molecule has 2 heterocycles. The van der Waals surface area contributed by atoms with E-state index in [1.165, 1.54) is 6.42 Å². The molecule has 23 heavy (non-hydrogen) atoms. The van der Waals surface area contributed by atoms with E-state index in [0.717, 1.165) is 47.2 Å². The van der Waals surface area contributed by atoms with Gasteiger partial charge < -0.3 is 4.57 Å². The molecule has 0 unspecified atom stereocenters. The van der Waals surface area contributed by atoms with Gasteiger partial charge in [0.05, 0.1) is 12.2 Å². The molecule has 0 spiro atoms. The minimum absolute atomic E-state index is 0.0518. The predicted molar refractivity (Wildman–Crippen MR) is 91.7 cm³/mol. The van der Waals surface area contributed by atoms with Crippen molar-refractivity contribution in [1.29, 1.82) is 0 Å². The highest BCUT2D eigenvalue weighted by molar-refractivity contribution is 5.56. The molecule has 1 aliphatic carbocycles. The van der Waals surface area contributed by atoms with E-state index in [1.54, 1.807) is 9.08 Å². The van der Waals surface area contributed by atoms with Crippen molar-refractivity contribution in [3.63, 3.8) is 0 Å². The van der Waals surface area contributed by atoms with E-state index >= 15 is 0 Å². The van der Waals surface area contributed by atoms with Gasteiger partial charge in [-0.25, -0.2) is 4.52 Å². The minimum Gasteiger partial charge on any atom is -0.308 e. The molecule has 0 saturated heterocycles. The molecule has 0 bridgehead atoms. The van der Waals surface area contributed by atoms with E-state index in [9.17, 15) is 4.79 Å². The first-order valence-electron chi connectivity index (χ1n) is 8.07. The third kappa shape index (κ3) is 2.40. The predicted octanol–water partition coefficient (Wildman–Crippen LogP) is 3.07. The summed E-state index contributed by atoms with van der Waals surface area (Å²) in [5.74, 6) is 0. The fraction of sp³-hybridized carbons (Fsp3) is 0.263. The molecule has 2 aromatic heterocycles. The van der Waals surface area contributed by atoms with Crippen LogP contribution in [0.2, 0.25) is 0 Å². The number of hydrogen-bond acceptors (Lipinski definition) is 2. The second-order valence-electron chi connectivity index (χ2n) is 6.10. The van der Waals surface area contributed by atoms with E-state index in [4.69, 9.17) is 0 Å². The Kier molecular flexibility index (Phi) is 3.37. The van der Waals surface area contributed by atoms with Crippen LogP contribution in [-0.2, 0) is 19.4 Å². The minimum atomic E-state index is 0.0518. The molecule has 4 rings (SSSR count). The lowest BCUT2D eigenvalue weighted by atomic mass is 9.97. The van der Waals surface area contributed by atoms with Crippen molar-refractivity contribution in [2.45, 2.75) is 32.2 Å². The first-order valence-corrected chi connectivity index (χ1v) is 8.07. The third-order valence-corrected chi connectivity index (χ3v) is 4.60. The number of aryl methyl sites for hydroxylation is 2. The summed E-state index contributed by atoms with van der Waals surface area (Å²) >= 11 is 0. The van der Waals surface area contributed by atoms with Crippen LogP contribution < -0.4 is 5.56 Å².